The Morgan fingerprint density at radius 1 is 1.15 bits per heavy atom. The summed E-state index contributed by atoms with van der Waals surface area (Å²) in [5.41, 5.74) is 0.824. The van der Waals surface area contributed by atoms with Gasteiger partial charge in [-0.2, -0.15) is 4.80 Å². The first-order chi connectivity index (χ1) is 15.5. The lowest BCUT2D eigenvalue weighted by Crippen LogP contribution is -2.53. The lowest BCUT2D eigenvalue weighted by molar-refractivity contribution is -0.142. The third kappa shape index (κ3) is 6.58. The number of benzene rings is 2. The van der Waals surface area contributed by atoms with E-state index in [0.717, 1.165) is 4.80 Å². The zero-order chi connectivity index (χ0) is 24.2. The van der Waals surface area contributed by atoms with Gasteiger partial charge in [0.1, 0.15) is 18.4 Å². The molecule has 2 amide bonds. The molecule has 0 bridgehead atoms. The van der Waals surface area contributed by atoms with Crippen molar-refractivity contribution in [3.8, 4) is 11.4 Å². The molecule has 0 aliphatic carbocycles. The number of carbonyl (C=O) groups excluding carboxylic acids is 2. The molecule has 0 fully saturated rings. The van der Waals surface area contributed by atoms with Crippen molar-refractivity contribution in [2.45, 2.75) is 52.4 Å². The Balaban J connectivity index is 1.82. The van der Waals surface area contributed by atoms with Crippen molar-refractivity contribution in [3.63, 3.8) is 0 Å². The van der Waals surface area contributed by atoms with Crippen LogP contribution >= 0.6 is 11.6 Å². The first kappa shape index (κ1) is 24.3. The van der Waals surface area contributed by atoms with Gasteiger partial charge < -0.3 is 10.2 Å². The highest BCUT2D eigenvalue weighted by molar-refractivity contribution is 6.31. The van der Waals surface area contributed by atoms with E-state index >= 15 is 0 Å². The number of rotatable bonds is 7. The molecule has 0 radical (unpaired) electrons. The number of carbonyl (C=O) groups is 2. The average molecular weight is 473 g/mol. The van der Waals surface area contributed by atoms with Crippen LogP contribution in [0.5, 0.6) is 0 Å². The van der Waals surface area contributed by atoms with Gasteiger partial charge in [-0.1, -0.05) is 29.8 Å². The fourth-order valence-corrected chi connectivity index (χ4v) is 3.30. The minimum Gasteiger partial charge on any atom is -0.350 e. The number of nitrogens with zero attached hydrogens (tertiary/aromatic N) is 5. The van der Waals surface area contributed by atoms with Gasteiger partial charge in [0.25, 0.3) is 0 Å². The Morgan fingerprint density at radius 3 is 2.45 bits per heavy atom. The zero-order valence-corrected chi connectivity index (χ0v) is 19.7. The summed E-state index contributed by atoms with van der Waals surface area (Å²) in [5.74, 6) is -0.783. The van der Waals surface area contributed by atoms with Crippen molar-refractivity contribution in [2.75, 3.05) is 0 Å². The van der Waals surface area contributed by atoms with E-state index in [1.165, 1.54) is 29.2 Å². The fraction of sp³-hybridized carbons (Fsp3) is 0.348. The van der Waals surface area contributed by atoms with E-state index in [9.17, 15) is 14.0 Å². The average Bonchev–Trinajstić information content (AvgIpc) is 3.20. The molecule has 174 valence electrons. The summed E-state index contributed by atoms with van der Waals surface area (Å²) >= 11 is 6.30. The van der Waals surface area contributed by atoms with Gasteiger partial charge in [0, 0.05) is 22.7 Å². The smallest absolute Gasteiger partial charge is 0.247 e. The van der Waals surface area contributed by atoms with Gasteiger partial charge in [-0.05, 0) is 68.8 Å². The molecule has 1 N–H and O–H groups in total. The monoisotopic (exact) mass is 472 g/mol. The molecule has 8 nitrogen and oxygen atoms in total. The molecule has 0 aliphatic heterocycles. The van der Waals surface area contributed by atoms with Crippen molar-refractivity contribution < 1.29 is 14.0 Å². The van der Waals surface area contributed by atoms with E-state index in [1.54, 1.807) is 25.1 Å². The van der Waals surface area contributed by atoms with Crippen LogP contribution in [0, 0.1) is 5.82 Å². The van der Waals surface area contributed by atoms with Crippen molar-refractivity contribution in [2.24, 2.45) is 0 Å². The van der Waals surface area contributed by atoms with Crippen molar-refractivity contribution in [3.05, 3.63) is 64.9 Å². The SMILES string of the molecule is CC(C(=O)NC(C)(C)C)N(Cc1ccccc1Cl)C(=O)Cn1nnc(-c2ccc(F)cc2)n1. The maximum absolute atomic E-state index is 13.3. The largest absolute Gasteiger partial charge is 0.350 e. The molecule has 3 rings (SSSR count). The molecule has 3 aromatic rings. The highest BCUT2D eigenvalue weighted by atomic mass is 35.5. The van der Waals surface area contributed by atoms with Crippen LogP contribution in [-0.4, -0.2) is 48.5 Å². The van der Waals surface area contributed by atoms with Crippen LogP contribution in [0.2, 0.25) is 5.02 Å². The van der Waals surface area contributed by atoms with Gasteiger partial charge in [-0.15, -0.1) is 10.2 Å². The summed E-state index contributed by atoms with van der Waals surface area (Å²) in [5, 5.41) is 15.5. The molecule has 0 saturated carbocycles. The van der Waals surface area contributed by atoms with Gasteiger partial charge >= 0.3 is 0 Å². The molecule has 1 aromatic heterocycles. The van der Waals surface area contributed by atoms with E-state index in [4.69, 9.17) is 11.6 Å². The van der Waals surface area contributed by atoms with Gasteiger partial charge in [0.15, 0.2) is 0 Å². The number of aromatic nitrogens is 4. The second-order valence-corrected chi connectivity index (χ2v) is 9.09. The predicted molar refractivity (Wildman–Crippen MR) is 123 cm³/mol. The molecule has 33 heavy (non-hydrogen) atoms. The maximum atomic E-state index is 13.3. The second kappa shape index (κ2) is 10.1. The van der Waals surface area contributed by atoms with Crippen LogP contribution in [0.25, 0.3) is 11.4 Å². The molecule has 0 spiro atoms. The number of amides is 2. The summed E-state index contributed by atoms with van der Waals surface area (Å²) < 4.78 is 13.2. The van der Waals surface area contributed by atoms with Gasteiger partial charge in [-0.3, -0.25) is 9.59 Å². The van der Waals surface area contributed by atoms with Crippen molar-refractivity contribution in [1.82, 2.24) is 30.4 Å². The van der Waals surface area contributed by atoms with Crippen LogP contribution in [0.3, 0.4) is 0 Å². The summed E-state index contributed by atoms with van der Waals surface area (Å²) in [6.07, 6.45) is 0. The lowest BCUT2D eigenvalue weighted by atomic mass is 10.1. The fourth-order valence-electron chi connectivity index (χ4n) is 3.10. The van der Waals surface area contributed by atoms with Crippen LogP contribution in [0.15, 0.2) is 48.5 Å². The molecule has 0 saturated heterocycles. The first-order valence-electron chi connectivity index (χ1n) is 10.4. The van der Waals surface area contributed by atoms with Crippen LogP contribution in [-0.2, 0) is 22.7 Å². The Bertz CT molecular complexity index is 1130. The van der Waals surface area contributed by atoms with Crippen LogP contribution in [0.4, 0.5) is 4.39 Å². The number of hydrogen-bond donors (Lipinski definition) is 1. The Labute approximate surface area is 196 Å². The zero-order valence-electron chi connectivity index (χ0n) is 18.9. The van der Waals surface area contributed by atoms with Crippen molar-refractivity contribution >= 4 is 23.4 Å². The molecule has 10 heteroatoms. The molecular formula is C23H26ClFN6O2. The number of hydrogen-bond acceptors (Lipinski definition) is 5. The van der Waals surface area contributed by atoms with Crippen molar-refractivity contribution in [1.29, 1.82) is 0 Å². The second-order valence-electron chi connectivity index (χ2n) is 8.68. The predicted octanol–water partition coefficient (Wildman–Crippen LogP) is 3.46. The van der Waals surface area contributed by atoms with E-state index in [-0.39, 0.29) is 36.5 Å². The minimum absolute atomic E-state index is 0.136. The normalized spacial score (nSPS) is 12.3. The third-order valence-electron chi connectivity index (χ3n) is 4.80. The van der Waals surface area contributed by atoms with E-state index in [1.807, 2.05) is 26.8 Å². The standard InChI is InChI=1S/C23H26ClFN6O2/c1-15(22(33)26-23(2,3)4)30(13-17-7-5-6-8-19(17)24)20(32)14-31-28-21(27-29-31)16-9-11-18(25)12-10-16/h5-12,15H,13-14H2,1-4H3,(H,26,33). The topological polar surface area (TPSA) is 93.0 Å². The lowest BCUT2D eigenvalue weighted by Gasteiger charge is -2.31. The molecule has 1 atom stereocenters. The molecular weight excluding hydrogens is 447 g/mol. The number of tetrazole rings is 1. The van der Waals surface area contributed by atoms with Crippen LogP contribution in [0.1, 0.15) is 33.3 Å². The number of nitrogens with one attached hydrogen (secondary N) is 1. The van der Waals surface area contributed by atoms with Gasteiger partial charge in [0.2, 0.25) is 17.6 Å². The van der Waals surface area contributed by atoms with E-state index < -0.39 is 11.6 Å². The molecule has 1 unspecified atom stereocenters. The van der Waals surface area contributed by atoms with E-state index in [0.29, 0.717) is 16.1 Å². The highest BCUT2D eigenvalue weighted by Crippen LogP contribution is 2.19. The Hall–Kier alpha value is -3.33. The molecule has 2 aromatic carbocycles. The summed E-state index contributed by atoms with van der Waals surface area (Å²) in [4.78, 5) is 28.7. The summed E-state index contributed by atoms with van der Waals surface area (Å²) in [7, 11) is 0. The number of halogens is 2. The van der Waals surface area contributed by atoms with Crippen LogP contribution < -0.4 is 5.32 Å². The minimum atomic E-state index is -0.770. The van der Waals surface area contributed by atoms with Gasteiger partial charge in [0.05, 0.1) is 0 Å². The third-order valence-corrected chi connectivity index (χ3v) is 5.16. The quantitative estimate of drug-likeness (QED) is 0.568. The highest BCUT2D eigenvalue weighted by Gasteiger charge is 2.29. The summed E-state index contributed by atoms with van der Waals surface area (Å²) in [6, 6.07) is 12.0. The van der Waals surface area contributed by atoms with E-state index in [2.05, 4.69) is 20.7 Å². The maximum Gasteiger partial charge on any atom is 0.247 e. The molecule has 0 aliphatic rings. The van der Waals surface area contributed by atoms with Gasteiger partial charge in [-0.25, -0.2) is 4.39 Å². The first-order valence-corrected chi connectivity index (χ1v) is 10.8. The summed E-state index contributed by atoms with van der Waals surface area (Å²) in [6.45, 7) is 7.17. The Kier molecular flexibility index (Phi) is 7.43. The molecule has 1 heterocycles. The Morgan fingerprint density at radius 2 is 1.82 bits per heavy atom.